The molecular formula is C26H30ClN5O3. The molecule has 1 amide bonds. The lowest BCUT2D eigenvalue weighted by Crippen LogP contribution is -2.39. The molecule has 5 rings (SSSR count). The quantitative estimate of drug-likeness (QED) is 0.544. The van der Waals surface area contributed by atoms with Crippen molar-refractivity contribution in [2.75, 3.05) is 51.1 Å². The highest BCUT2D eigenvalue weighted by atomic mass is 35.5. The summed E-state index contributed by atoms with van der Waals surface area (Å²) < 4.78 is 11.2. The van der Waals surface area contributed by atoms with E-state index in [0.29, 0.717) is 35.3 Å². The van der Waals surface area contributed by atoms with Crippen LogP contribution in [0.5, 0.6) is 11.5 Å². The van der Waals surface area contributed by atoms with Crippen LogP contribution in [0.3, 0.4) is 0 Å². The standard InChI is InChI=1S/C26H30ClN5O3/c1-16-19(6-5-18(27)24(16)35-4)30-25-17-11-21(22(34-3)12-20(17)28-15-29-25)32-14-26(13-23(32)33)7-9-31(2)10-8-26/h5-6,11-12,15H,7-10,13-14H2,1-4H3,(H,28,29,30). The lowest BCUT2D eigenvalue weighted by molar-refractivity contribution is -0.118. The molecule has 2 aromatic carbocycles. The number of nitrogens with zero attached hydrogens (tertiary/aromatic N) is 4. The number of aromatic nitrogens is 2. The van der Waals surface area contributed by atoms with Crippen molar-refractivity contribution in [1.29, 1.82) is 0 Å². The van der Waals surface area contributed by atoms with Gasteiger partial charge in [0.05, 0.1) is 30.4 Å². The number of anilines is 3. The topological polar surface area (TPSA) is 79.8 Å². The highest BCUT2D eigenvalue weighted by molar-refractivity contribution is 6.32. The lowest BCUT2D eigenvalue weighted by atomic mass is 9.78. The van der Waals surface area contributed by atoms with Crippen LogP contribution < -0.4 is 19.7 Å². The summed E-state index contributed by atoms with van der Waals surface area (Å²) in [5.74, 6) is 2.01. The molecule has 0 radical (unpaired) electrons. The minimum Gasteiger partial charge on any atom is -0.495 e. The zero-order chi connectivity index (χ0) is 24.7. The first-order valence-corrected chi connectivity index (χ1v) is 12.1. The minimum absolute atomic E-state index is 0.0226. The number of ether oxygens (including phenoxy) is 2. The molecular weight excluding hydrogens is 466 g/mol. The smallest absolute Gasteiger partial charge is 0.227 e. The molecule has 3 aromatic rings. The maximum Gasteiger partial charge on any atom is 0.227 e. The van der Waals surface area contributed by atoms with E-state index in [9.17, 15) is 4.79 Å². The summed E-state index contributed by atoms with van der Waals surface area (Å²) in [6, 6.07) is 7.52. The zero-order valence-electron chi connectivity index (χ0n) is 20.5. The summed E-state index contributed by atoms with van der Waals surface area (Å²) in [7, 11) is 5.36. The molecule has 184 valence electrons. The Kier molecular flexibility index (Phi) is 6.19. The first kappa shape index (κ1) is 23.6. The number of hydrogen-bond acceptors (Lipinski definition) is 7. The van der Waals surface area contributed by atoms with E-state index in [1.807, 2.05) is 30.0 Å². The van der Waals surface area contributed by atoms with Gasteiger partial charge in [-0.1, -0.05) is 11.6 Å². The molecule has 35 heavy (non-hydrogen) atoms. The summed E-state index contributed by atoms with van der Waals surface area (Å²) in [5.41, 5.74) is 3.20. The van der Waals surface area contributed by atoms with Crippen molar-refractivity contribution >= 4 is 45.6 Å². The van der Waals surface area contributed by atoms with E-state index in [1.54, 1.807) is 20.3 Å². The van der Waals surface area contributed by atoms with Crippen molar-refractivity contribution in [2.45, 2.75) is 26.2 Å². The maximum absolute atomic E-state index is 13.2. The van der Waals surface area contributed by atoms with Crippen molar-refractivity contribution in [2.24, 2.45) is 5.41 Å². The number of halogens is 1. The van der Waals surface area contributed by atoms with Crippen molar-refractivity contribution in [3.8, 4) is 11.5 Å². The summed E-state index contributed by atoms with van der Waals surface area (Å²) >= 11 is 6.28. The van der Waals surface area contributed by atoms with Crippen LogP contribution in [0.15, 0.2) is 30.6 Å². The fourth-order valence-corrected chi connectivity index (χ4v) is 5.54. The Morgan fingerprint density at radius 1 is 1.11 bits per heavy atom. The van der Waals surface area contributed by atoms with Crippen molar-refractivity contribution in [1.82, 2.24) is 14.9 Å². The van der Waals surface area contributed by atoms with Gasteiger partial charge in [-0.3, -0.25) is 4.79 Å². The fourth-order valence-electron chi connectivity index (χ4n) is 5.26. The summed E-state index contributed by atoms with van der Waals surface area (Å²) in [4.78, 5) is 26.4. The van der Waals surface area contributed by atoms with Gasteiger partial charge in [0, 0.05) is 35.7 Å². The molecule has 8 nitrogen and oxygen atoms in total. The molecule has 2 aliphatic rings. The minimum atomic E-state index is 0.0226. The second-order valence-corrected chi connectivity index (χ2v) is 10.0. The number of likely N-dealkylation sites (tertiary alicyclic amines) is 1. The van der Waals surface area contributed by atoms with Crippen molar-refractivity contribution in [3.05, 3.63) is 41.2 Å². The normalized spacial score (nSPS) is 17.9. The second kappa shape index (κ2) is 9.17. The summed E-state index contributed by atoms with van der Waals surface area (Å²) in [6.07, 6.45) is 4.13. The highest BCUT2D eigenvalue weighted by Crippen LogP contribution is 2.45. The average Bonchev–Trinajstić information content (AvgIpc) is 3.18. The number of amides is 1. The van der Waals surface area contributed by atoms with Gasteiger partial charge in [-0.05, 0) is 63.5 Å². The Morgan fingerprint density at radius 2 is 1.89 bits per heavy atom. The number of benzene rings is 2. The third-order valence-electron chi connectivity index (χ3n) is 7.41. The first-order valence-electron chi connectivity index (χ1n) is 11.8. The molecule has 2 saturated heterocycles. The number of fused-ring (bicyclic) bond motifs is 1. The third-order valence-corrected chi connectivity index (χ3v) is 7.71. The lowest BCUT2D eigenvalue weighted by Gasteiger charge is -2.37. The van der Waals surface area contributed by atoms with Gasteiger partial charge in [0.1, 0.15) is 23.6 Å². The van der Waals surface area contributed by atoms with Gasteiger partial charge >= 0.3 is 0 Å². The van der Waals surface area contributed by atoms with Gasteiger partial charge < -0.3 is 24.6 Å². The Bertz CT molecular complexity index is 1290. The molecule has 1 spiro atoms. The van der Waals surface area contributed by atoms with Crippen LogP contribution in [-0.2, 0) is 4.79 Å². The van der Waals surface area contributed by atoms with Crippen LogP contribution in [0.25, 0.3) is 10.9 Å². The molecule has 0 atom stereocenters. The Morgan fingerprint density at radius 3 is 2.60 bits per heavy atom. The largest absolute Gasteiger partial charge is 0.495 e. The molecule has 1 aromatic heterocycles. The number of carbonyl (C=O) groups excluding carboxylic acids is 1. The monoisotopic (exact) mass is 495 g/mol. The molecule has 2 fully saturated rings. The zero-order valence-corrected chi connectivity index (χ0v) is 21.3. The van der Waals surface area contributed by atoms with Crippen LogP contribution in [0.1, 0.15) is 24.8 Å². The van der Waals surface area contributed by atoms with E-state index in [0.717, 1.165) is 53.8 Å². The summed E-state index contributed by atoms with van der Waals surface area (Å²) in [6.45, 7) is 4.67. The van der Waals surface area contributed by atoms with Crippen LogP contribution in [0.2, 0.25) is 5.02 Å². The molecule has 0 aliphatic carbocycles. The Balaban J connectivity index is 1.54. The van der Waals surface area contributed by atoms with E-state index in [-0.39, 0.29) is 11.3 Å². The Labute approximate surface area is 210 Å². The molecule has 9 heteroatoms. The van der Waals surface area contributed by atoms with E-state index >= 15 is 0 Å². The van der Waals surface area contributed by atoms with Crippen LogP contribution in [0.4, 0.5) is 17.2 Å². The second-order valence-electron chi connectivity index (χ2n) is 9.60. The number of methoxy groups -OCH3 is 2. The Hall–Kier alpha value is -3.10. The van der Waals surface area contributed by atoms with Gasteiger partial charge in [-0.25, -0.2) is 9.97 Å². The van der Waals surface area contributed by atoms with Gasteiger partial charge in [0.2, 0.25) is 5.91 Å². The highest BCUT2D eigenvalue weighted by Gasteiger charge is 2.45. The van der Waals surface area contributed by atoms with Crippen LogP contribution >= 0.6 is 11.6 Å². The number of hydrogen-bond donors (Lipinski definition) is 1. The number of piperidine rings is 1. The molecule has 2 aliphatic heterocycles. The van der Waals surface area contributed by atoms with E-state index in [4.69, 9.17) is 21.1 Å². The maximum atomic E-state index is 13.2. The SMILES string of the molecule is COc1cc2ncnc(Nc3ccc(Cl)c(OC)c3C)c2cc1N1CC2(CCN(C)CC2)CC1=O. The van der Waals surface area contributed by atoms with Gasteiger partial charge in [0.25, 0.3) is 0 Å². The van der Waals surface area contributed by atoms with E-state index in [1.165, 1.54) is 6.33 Å². The fraction of sp³-hybridized carbons (Fsp3) is 0.423. The third kappa shape index (κ3) is 4.25. The first-order chi connectivity index (χ1) is 16.8. The van der Waals surface area contributed by atoms with Crippen molar-refractivity contribution in [3.63, 3.8) is 0 Å². The molecule has 1 N–H and O–H groups in total. The predicted molar refractivity (Wildman–Crippen MR) is 138 cm³/mol. The van der Waals surface area contributed by atoms with Gasteiger partial charge in [-0.2, -0.15) is 0 Å². The van der Waals surface area contributed by atoms with E-state index in [2.05, 4.69) is 27.2 Å². The molecule has 0 bridgehead atoms. The van der Waals surface area contributed by atoms with Crippen molar-refractivity contribution < 1.29 is 14.3 Å². The molecule has 0 unspecified atom stereocenters. The van der Waals surface area contributed by atoms with E-state index < -0.39 is 0 Å². The van der Waals surface area contributed by atoms with Gasteiger partial charge in [0.15, 0.2) is 0 Å². The number of nitrogens with one attached hydrogen (secondary N) is 1. The summed E-state index contributed by atoms with van der Waals surface area (Å²) in [5, 5.41) is 4.75. The predicted octanol–water partition coefficient (Wildman–Crippen LogP) is 4.80. The average molecular weight is 496 g/mol. The molecule has 0 saturated carbocycles. The molecule has 3 heterocycles. The number of carbonyl (C=O) groups is 1. The van der Waals surface area contributed by atoms with Gasteiger partial charge in [-0.15, -0.1) is 0 Å². The number of rotatable bonds is 5. The van der Waals surface area contributed by atoms with Crippen LogP contribution in [-0.4, -0.2) is 61.7 Å². The van der Waals surface area contributed by atoms with Crippen LogP contribution in [0, 0.1) is 12.3 Å².